The van der Waals surface area contributed by atoms with Crippen LogP contribution in [0.2, 0.25) is 0 Å². The van der Waals surface area contributed by atoms with Gasteiger partial charge in [-0.1, -0.05) is 0 Å². The van der Waals surface area contributed by atoms with Gasteiger partial charge in [0.15, 0.2) is 0 Å². The zero-order chi connectivity index (χ0) is 6.85. The number of hydrogen-bond donors (Lipinski definition) is 0. The molecule has 0 saturated carbocycles. The monoisotopic (exact) mass is 270 g/mol. The largest absolute Gasteiger partial charge is 0.495 e. The Morgan fingerprint density at radius 1 is 1.56 bits per heavy atom. The fourth-order valence-corrected chi connectivity index (χ4v) is 2.26. The van der Waals surface area contributed by atoms with Crippen molar-refractivity contribution in [3.05, 3.63) is 13.6 Å². The van der Waals surface area contributed by atoms with Crippen molar-refractivity contribution in [2.45, 2.75) is 0 Å². The van der Waals surface area contributed by atoms with E-state index in [0.717, 1.165) is 14.0 Å². The molecule has 0 spiro atoms. The fourth-order valence-electron chi connectivity index (χ4n) is 0.443. The molecule has 9 heavy (non-hydrogen) atoms. The highest BCUT2D eigenvalue weighted by Crippen LogP contribution is 2.37. The molecule has 1 nitrogen and oxygen atoms in total. The zero-order valence-corrected chi connectivity index (χ0v) is 8.64. The second kappa shape index (κ2) is 3.03. The molecular weight excluding hydrogens is 268 g/mol. The van der Waals surface area contributed by atoms with Gasteiger partial charge in [0.1, 0.15) is 5.75 Å². The third-order valence-corrected chi connectivity index (χ3v) is 4.16. The highest BCUT2D eigenvalue weighted by Gasteiger charge is 2.04. The van der Waals surface area contributed by atoms with Gasteiger partial charge in [-0.2, -0.15) is 0 Å². The van der Waals surface area contributed by atoms with Gasteiger partial charge in [-0.15, -0.1) is 11.3 Å². The number of methoxy groups -OCH3 is 1. The Labute approximate surface area is 74.3 Å². The summed E-state index contributed by atoms with van der Waals surface area (Å²) in [5.74, 6) is 0.881. The summed E-state index contributed by atoms with van der Waals surface area (Å²) in [4.78, 5) is 0. The molecule has 0 radical (unpaired) electrons. The standard InChI is InChI=1S/C5H4Br2OS/c1-8-3-2-9-5(7)4(3)6/h2H,1H3. The van der Waals surface area contributed by atoms with Gasteiger partial charge in [-0.25, -0.2) is 0 Å². The van der Waals surface area contributed by atoms with Crippen LogP contribution < -0.4 is 4.74 Å². The molecule has 0 fully saturated rings. The molecule has 1 heterocycles. The second-order valence-corrected chi connectivity index (χ2v) is 4.38. The van der Waals surface area contributed by atoms with E-state index in [-0.39, 0.29) is 0 Å². The Bertz CT molecular complexity index is 209. The summed E-state index contributed by atoms with van der Waals surface area (Å²) in [7, 11) is 1.65. The Hall–Kier alpha value is 0.460. The molecule has 0 unspecified atom stereocenters. The van der Waals surface area contributed by atoms with Crippen LogP contribution in [-0.4, -0.2) is 7.11 Å². The van der Waals surface area contributed by atoms with E-state index in [1.54, 1.807) is 18.4 Å². The van der Waals surface area contributed by atoms with Gasteiger partial charge in [0.25, 0.3) is 0 Å². The van der Waals surface area contributed by atoms with Crippen molar-refractivity contribution >= 4 is 43.2 Å². The molecule has 0 N–H and O–H groups in total. The van der Waals surface area contributed by atoms with E-state index in [1.165, 1.54) is 0 Å². The molecule has 0 amide bonds. The molecule has 50 valence electrons. The number of hydrogen-bond acceptors (Lipinski definition) is 2. The normalized spacial score (nSPS) is 9.67. The smallest absolute Gasteiger partial charge is 0.144 e. The number of rotatable bonds is 1. The first-order valence-corrected chi connectivity index (χ1v) is 4.68. The van der Waals surface area contributed by atoms with Crippen LogP contribution in [0.1, 0.15) is 0 Å². The molecule has 4 heteroatoms. The molecule has 0 bridgehead atoms. The van der Waals surface area contributed by atoms with Gasteiger partial charge < -0.3 is 4.74 Å². The van der Waals surface area contributed by atoms with Crippen molar-refractivity contribution in [2.75, 3.05) is 7.11 Å². The van der Waals surface area contributed by atoms with Crippen molar-refractivity contribution in [2.24, 2.45) is 0 Å². The summed E-state index contributed by atoms with van der Waals surface area (Å²) in [6.07, 6.45) is 0. The lowest BCUT2D eigenvalue weighted by molar-refractivity contribution is 0.414. The lowest BCUT2D eigenvalue weighted by Crippen LogP contribution is -1.77. The molecule has 1 rings (SSSR count). The van der Waals surface area contributed by atoms with Gasteiger partial charge >= 0.3 is 0 Å². The Morgan fingerprint density at radius 3 is 2.44 bits per heavy atom. The third-order valence-electron chi connectivity index (χ3n) is 0.878. The predicted octanol–water partition coefficient (Wildman–Crippen LogP) is 3.28. The van der Waals surface area contributed by atoms with E-state index in [4.69, 9.17) is 4.74 Å². The minimum atomic E-state index is 0.881. The first kappa shape index (κ1) is 7.57. The van der Waals surface area contributed by atoms with Crippen molar-refractivity contribution in [1.82, 2.24) is 0 Å². The van der Waals surface area contributed by atoms with Gasteiger partial charge in [-0.3, -0.25) is 0 Å². The molecule has 0 aromatic carbocycles. The van der Waals surface area contributed by atoms with Crippen LogP contribution in [0.15, 0.2) is 13.6 Å². The van der Waals surface area contributed by atoms with Crippen LogP contribution in [0.25, 0.3) is 0 Å². The quantitative estimate of drug-likeness (QED) is 0.762. The molecule has 0 aliphatic carbocycles. The first-order valence-electron chi connectivity index (χ1n) is 2.22. The molecular formula is C5H4Br2OS. The molecule has 0 aliphatic rings. The first-order chi connectivity index (χ1) is 4.25. The van der Waals surface area contributed by atoms with Crippen LogP contribution >= 0.6 is 43.2 Å². The number of halogens is 2. The summed E-state index contributed by atoms with van der Waals surface area (Å²) in [6.45, 7) is 0. The van der Waals surface area contributed by atoms with Crippen LogP contribution in [0.4, 0.5) is 0 Å². The third kappa shape index (κ3) is 1.48. The zero-order valence-electron chi connectivity index (χ0n) is 4.65. The average molecular weight is 272 g/mol. The van der Waals surface area contributed by atoms with Crippen LogP contribution in [0.3, 0.4) is 0 Å². The Kier molecular flexibility index (Phi) is 2.55. The lowest BCUT2D eigenvalue weighted by Gasteiger charge is -1.92. The van der Waals surface area contributed by atoms with Crippen LogP contribution in [0.5, 0.6) is 5.75 Å². The van der Waals surface area contributed by atoms with Gasteiger partial charge in [0.05, 0.1) is 15.4 Å². The van der Waals surface area contributed by atoms with Gasteiger partial charge in [-0.05, 0) is 31.9 Å². The van der Waals surface area contributed by atoms with E-state index in [1.807, 2.05) is 5.38 Å². The fraction of sp³-hybridized carbons (Fsp3) is 0.200. The highest BCUT2D eigenvalue weighted by molar-refractivity contribution is 9.13. The summed E-state index contributed by atoms with van der Waals surface area (Å²) < 4.78 is 7.06. The molecule has 0 atom stereocenters. The van der Waals surface area contributed by atoms with Crippen molar-refractivity contribution in [3.8, 4) is 5.75 Å². The number of thiophene rings is 1. The average Bonchev–Trinajstić information content (AvgIpc) is 2.15. The SMILES string of the molecule is COc1csc(Br)c1Br. The second-order valence-electron chi connectivity index (χ2n) is 1.39. The van der Waals surface area contributed by atoms with E-state index < -0.39 is 0 Å². The molecule has 1 aromatic rings. The summed E-state index contributed by atoms with van der Waals surface area (Å²) in [6, 6.07) is 0. The topological polar surface area (TPSA) is 9.23 Å². The Balaban J connectivity index is 3.04. The van der Waals surface area contributed by atoms with E-state index in [0.29, 0.717) is 0 Å². The van der Waals surface area contributed by atoms with Crippen LogP contribution in [-0.2, 0) is 0 Å². The van der Waals surface area contributed by atoms with Gasteiger partial charge in [0.2, 0.25) is 0 Å². The number of ether oxygens (including phenoxy) is 1. The lowest BCUT2D eigenvalue weighted by atomic mass is 10.6. The summed E-state index contributed by atoms with van der Waals surface area (Å²) >= 11 is 8.30. The van der Waals surface area contributed by atoms with Crippen molar-refractivity contribution in [1.29, 1.82) is 0 Å². The summed E-state index contributed by atoms with van der Waals surface area (Å²) in [5, 5.41) is 1.94. The van der Waals surface area contributed by atoms with Crippen molar-refractivity contribution < 1.29 is 4.74 Å². The predicted molar refractivity (Wildman–Crippen MR) is 46.3 cm³/mol. The summed E-state index contributed by atoms with van der Waals surface area (Å²) in [5.41, 5.74) is 0. The molecule has 0 saturated heterocycles. The molecule has 1 aromatic heterocycles. The maximum absolute atomic E-state index is 5.00. The van der Waals surface area contributed by atoms with Gasteiger partial charge in [0, 0.05) is 5.38 Å². The maximum atomic E-state index is 5.00. The highest BCUT2D eigenvalue weighted by atomic mass is 79.9. The maximum Gasteiger partial charge on any atom is 0.144 e. The van der Waals surface area contributed by atoms with E-state index in [9.17, 15) is 0 Å². The minimum absolute atomic E-state index is 0.881. The van der Waals surface area contributed by atoms with E-state index >= 15 is 0 Å². The minimum Gasteiger partial charge on any atom is -0.495 e. The van der Waals surface area contributed by atoms with Crippen LogP contribution in [0, 0.1) is 0 Å². The molecule has 0 aliphatic heterocycles. The Morgan fingerprint density at radius 2 is 2.22 bits per heavy atom. The van der Waals surface area contributed by atoms with Crippen molar-refractivity contribution in [3.63, 3.8) is 0 Å². The van der Waals surface area contributed by atoms with E-state index in [2.05, 4.69) is 31.9 Å².